The quantitative estimate of drug-likeness (QED) is 0.173. The molecule has 0 aliphatic carbocycles. The SMILES string of the molecule is CCC(Nc1cc(F)c(C(=O)NC(Cc2ccc(-c3c(C(F)(F)F)cc(C)n(C)c3=O)c3ncc(F)cc23)C(=O)O)c(F)c1)C(F)(F)F. The van der Waals surface area contributed by atoms with Crippen LogP contribution in [-0.4, -0.2) is 44.8 Å². The molecule has 0 bridgehead atoms. The number of nitrogens with one attached hydrogen (secondary N) is 2. The van der Waals surface area contributed by atoms with E-state index < -0.39 is 94.5 Å². The molecule has 4 aromatic rings. The van der Waals surface area contributed by atoms with E-state index in [4.69, 9.17) is 0 Å². The van der Waals surface area contributed by atoms with Crippen LogP contribution in [0.3, 0.4) is 0 Å². The topological polar surface area (TPSA) is 113 Å². The zero-order chi connectivity index (χ0) is 35.9. The van der Waals surface area contributed by atoms with Crippen LogP contribution in [0.25, 0.3) is 22.0 Å². The van der Waals surface area contributed by atoms with Crippen molar-refractivity contribution in [2.75, 3.05) is 5.32 Å². The standard InChI is InChI=1S/C31H25F9N4O4/c1-4-23(31(38,39)40)42-16-10-20(33)25(21(34)11-16)27(45)43-22(29(47)48)8-14-5-6-17(26-18(14)9-15(32)12-41-26)24-19(30(35,36)37)7-13(2)44(3)28(24)46/h5-7,9-12,22-23,42H,4,8H2,1-3H3,(H,43,45)(H,47,48). The van der Waals surface area contributed by atoms with E-state index in [1.54, 1.807) is 0 Å². The fourth-order valence-electron chi connectivity index (χ4n) is 5.08. The van der Waals surface area contributed by atoms with Gasteiger partial charge in [0.15, 0.2) is 0 Å². The Labute approximate surface area is 265 Å². The van der Waals surface area contributed by atoms with E-state index in [1.165, 1.54) is 20.9 Å². The summed E-state index contributed by atoms with van der Waals surface area (Å²) >= 11 is 0. The minimum absolute atomic E-state index is 0.0127. The van der Waals surface area contributed by atoms with Gasteiger partial charge in [-0.1, -0.05) is 19.1 Å². The van der Waals surface area contributed by atoms with E-state index in [9.17, 15) is 59.0 Å². The molecule has 0 aliphatic rings. The van der Waals surface area contributed by atoms with Crippen molar-refractivity contribution in [2.45, 2.75) is 51.1 Å². The predicted octanol–water partition coefficient (Wildman–Crippen LogP) is 6.52. The third kappa shape index (κ3) is 7.23. The van der Waals surface area contributed by atoms with E-state index in [1.807, 2.05) is 10.6 Å². The first-order chi connectivity index (χ1) is 22.2. The van der Waals surface area contributed by atoms with Crippen molar-refractivity contribution in [2.24, 2.45) is 7.05 Å². The van der Waals surface area contributed by atoms with Crippen LogP contribution in [0, 0.1) is 24.4 Å². The van der Waals surface area contributed by atoms with Crippen LogP contribution in [0.5, 0.6) is 0 Å². The Kier molecular flexibility index (Phi) is 9.83. The molecule has 2 heterocycles. The van der Waals surface area contributed by atoms with Crippen LogP contribution in [-0.2, 0) is 24.4 Å². The average Bonchev–Trinajstić information content (AvgIpc) is 2.97. The maximum absolute atomic E-state index is 14.8. The highest BCUT2D eigenvalue weighted by atomic mass is 19.4. The number of anilines is 1. The van der Waals surface area contributed by atoms with Crippen LogP contribution in [0.4, 0.5) is 45.2 Å². The number of alkyl halides is 6. The van der Waals surface area contributed by atoms with E-state index in [-0.39, 0.29) is 27.7 Å². The van der Waals surface area contributed by atoms with Crippen LogP contribution in [0.1, 0.15) is 40.5 Å². The molecule has 256 valence electrons. The Hall–Kier alpha value is -5.09. The van der Waals surface area contributed by atoms with E-state index >= 15 is 0 Å². The lowest BCUT2D eigenvalue weighted by Crippen LogP contribution is -2.43. The lowest BCUT2D eigenvalue weighted by molar-refractivity contribution is -0.143. The second-order valence-electron chi connectivity index (χ2n) is 10.8. The number of pyridine rings is 2. The van der Waals surface area contributed by atoms with Gasteiger partial charge in [-0.25, -0.2) is 18.0 Å². The minimum atomic E-state index is -4.99. The number of hydrogen-bond acceptors (Lipinski definition) is 5. The molecule has 0 aliphatic heterocycles. The molecule has 4 rings (SSSR count). The molecule has 0 fully saturated rings. The van der Waals surface area contributed by atoms with Crippen molar-refractivity contribution in [3.8, 4) is 11.1 Å². The van der Waals surface area contributed by atoms with Gasteiger partial charge >= 0.3 is 18.3 Å². The highest BCUT2D eigenvalue weighted by molar-refractivity contribution is 5.99. The van der Waals surface area contributed by atoms with E-state index in [0.717, 1.165) is 28.8 Å². The number of aliphatic carboxylic acids is 1. The smallest absolute Gasteiger partial charge is 0.417 e. The first-order valence-electron chi connectivity index (χ1n) is 14.0. The molecule has 0 spiro atoms. The Morgan fingerprint density at radius 3 is 2.17 bits per heavy atom. The number of carbonyl (C=O) groups excluding carboxylic acids is 1. The van der Waals surface area contributed by atoms with Crippen molar-refractivity contribution >= 4 is 28.5 Å². The van der Waals surface area contributed by atoms with E-state index in [0.29, 0.717) is 18.3 Å². The average molecular weight is 689 g/mol. The molecule has 17 heteroatoms. The number of carbonyl (C=O) groups is 2. The van der Waals surface area contributed by atoms with Gasteiger partial charge in [-0.3, -0.25) is 14.6 Å². The largest absolute Gasteiger partial charge is 0.480 e. The third-order valence-electron chi connectivity index (χ3n) is 7.59. The van der Waals surface area contributed by atoms with Gasteiger partial charge in [0.25, 0.3) is 11.5 Å². The number of nitrogens with zero attached hydrogens (tertiary/aromatic N) is 2. The molecule has 2 aromatic heterocycles. The van der Waals surface area contributed by atoms with Gasteiger partial charge in [-0.2, -0.15) is 26.3 Å². The molecule has 0 radical (unpaired) electrons. The number of halogens is 9. The molecule has 0 saturated heterocycles. The van der Waals surface area contributed by atoms with Crippen molar-refractivity contribution in [3.63, 3.8) is 0 Å². The first kappa shape index (κ1) is 35.8. The zero-order valence-corrected chi connectivity index (χ0v) is 25.1. The van der Waals surface area contributed by atoms with Crippen molar-refractivity contribution in [3.05, 3.63) is 92.8 Å². The van der Waals surface area contributed by atoms with Crippen LogP contribution >= 0.6 is 0 Å². The van der Waals surface area contributed by atoms with Gasteiger partial charge in [-0.05, 0) is 43.2 Å². The Morgan fingerprint density at radius 1 is 1.00 bits per heavy atom. The van der Waals surface area contributed by atoms with Gasteiger partial charge in [0.1, 0.15) is 35.1 Å². The molecular formula is C31H25F9N4O4. The molecule has 2 atom stereocenters. The molecule has 0 saturated carbocycles. The molecule has 2 aromatic carbocycles. The number of aromatic nitrogens is 2. The fraction of sp³-hybridized carbons (Fsp3) is 0.290. The normalized spacial score (nSPS) is 13.3. The molecular weight excluding hydrogens is 663 g/mol. The second kappa shape index (κ2) is 13.2. The number of aryl methyl sites for hydroxylation is 1. The molecule has 48 heavy (non-hydrogen) atoms. The van der Waals surface area contributed by atoms with E-state index in [2.05, 4.69) is 4.98 Å². The summed E-state index contributed by atoms with van der Waals surface area (Å²) in [7, 11) is 1.24. The maximum atomic E-state index is 14.8. The van der Waals surface area contributed by atoms with Crippen LogP contribution in [0.15, 0.2) is 47.4 Å². The predicted molar refractivity (Wildman–Crippen MR) is 155 cm³/mol. The highest BCUT2D eigenvalue weighted by Crippen LogP contribution is 2.39. The molecule has 3 N–H and O–H groups in total. The second-order valence-corrected chi connectivity index (χ2v) is 10.8. The number of carboxylic acids is 1. The Bertz CT molecular complexity index is 1950. The fourth-order valence-corrected chi connectivity index (χ4v) is 5.08. The lowest BCUT2D eigenvalue weighted by atomic mass is 9.93. The summed E-state index contributed by atoms with van der Waals surface area (Å²) in [6, 6.07) is 0.410. The van der Waals surface area contributed by atoms with Gasteiger partial charge in [0.05, 0.1) is 22.8 Å². The first-order valence-corrected chi connectivity index (χ1v) is 14.0. The molecule has 8 nitrogen and oxygen atoms in total. The number of benzene rings is 2. The maximum Gasteiger partial charge on any atom is 0.417 e. The summed E-state index contributed by atoms with van der Waals surface area (Å²) in [4.78, 5) is 41.9. The zero-order valence-electron chi connectivity index (χ0n) is 25.1. The van der Waals surface area contributed by atoms with Crippen LogP contribution < -0.4 is 16.2 Å². The number of amides is 1. The summed E-state index contributed by atoms with van der Waals surface area (Å²) in [5.41, 5.74) is -5.89. The minimum Gasteiger partial charge on any atom is -0.480 e. The van der Waals surface area contributed by atoms with Gasteiger partial charge < -0.3 is 20.3 Å². The van der Waals surface area contributed by atoms with Crippen molar-refractivity contribution in [1.29, 1.82) is 0 Å². The Balaban J connectivity index is 1.73. The number of hydrogen-bond donors (Lipinski definition) is 3. The Morgan fingerprint density at radius 2 is 1.62 bits per heavy atom. The summed E-state index contributed by atoms with van der Waals surface area (Å²) < 4.78 is 126. The van der Waals surface area contributed by atoms with Gasteiger partial charge in [0, 0.05) is 35.8 Å². The monoisotopic (exact) mass is 688 g/mol. The number of fused-ring (bicyclic) bond motifs is 1. The molecule has 1 amide bonds. The van der Waals surface area contributed by atoms with Gasteiger partial charge in [0.2, 0.25) is 0 Å². The summed E-state index contributed by atoms with van der Waals surface area (Å²) in [5, 5.41) is 13.4. The summed E-state index contributed by atoms with van der Waals surface area (Å²) in [6.45, 7) is 2.46. The van der Waals surface area contributed by atoms with Crippen molar-refractivity contribution in [1.82, 2.24) is 14.9 Å². The summed E-state index contributed by atoms with van der Waals surface area (Å²) in [5.74, 6) is -7.56. The summed E-state index contributed by atoms with van der Waals surface area (Å²) in [6.07, 6.45) is -10.3. The highest BCUT2D eigenvalue weighted by Gasteiger charge is 2.39. The van der Waals surface area contributed by atoms with Crippen LogP contribution in [0.2, 0.25) is 0 Å². The number of rotatable bonds is 9. The molecule has 2 unspecified atom stereocenters. The lowest BCUT2D eigenvalue weighted by Gasteiger charge is -2.22. The van der Waals surface area contributed by atoms with Crippen molar-refractivity contribution < 1.29 is 54.2 Å². The van der Waals surface area contributed by atoms with Gasteiger partial charge in [-0.15, -0.1) is 0 Å². The number of carboxylic acid groups (broad SMARTS) is 1. The third-order valence-corrected chi connectivity index (χ3v) is 7.59.